The lowest BCUT2D eigenvalue weighted by Gasteiger charge is -2.63. The van der Waals surface area contributed by atoms with Crippen LogP contribution in [0.15, 0.2) is 0 Å². The van der Waals surface area contributed by atoms with Crippen molar-refractivity contribution in [3.05, 3.63) is 0 Å². The maximum absolute atomic E-state index is 12.4. The molecule has 0 heterocycles. The van der Waals surface area contributed by atoms with Gasteiger partial charge in [-0.3, -0.25) is 18.9 Å². The van der Waals surface area contributed by atoms with E-state index < -0.39 is 63.0 Å². The van der Waals surface area contributed by atoms with E-state index in [2.05, 4.69) is 20.8 Å². The quantitative estimate of drug-likeness (QED) is 0.103. The molecule has 12 atom stereocenters. The van der Waals surface area contributed by atoms with Crippen LogP contribution in [0.2, 0.25) is 0 Å². The summed E-state index contributed by atoms with van der Waals surface area (Å²) in [6, 6.07) is 0. The Balaban J connectivity index is 1.26. The molecule has 4 aliphatic carbocycles. The van der Waals surface area contributed by atoms with E-state index >= 15 is 0 Å². The molecule has 0 aliphatic heterocycles. The largest absolute Gasteiger partial charge is 0.481 e. The monoisotopic (exact) mass is 646 g/mol. The first-order chi connectivity index (χ1) is 20.5. The standard InChI is InChI=1S/C31H51O12P/c1-17(4-8-26(35)42-16-43-27(36)9-5-18(29(37)38)15-44(39,40)41)21-6-7-22-28-23(14-25(34)31(21,22)3)30(2)11-10-20(32)12-19(30)13-24(28)33/h17-25,28,32-34H,4-16H2,1-3H3,(H,37,38)(H2,39,40,41)/t17-,18+,19+,20-,21?,22?,23?,24-,25+,28?,30+,31-/m1/s1. The van der Waals surface area contributed by atoms with Gasteiger partial charge in [-0.25, -0.2) is 0 Å². The molecule has 4 fully saturated rings. The second kappa shape index (κ2) is 13.7. The molecule has 44 heavy (non-hydrogen) atoms. The van der Waals surface area contributed by atoms with Crippen LogP contribution in [0.4, 0.5) is 0 Å². The predicted molar refractivity (Wildman–Crippen MR) is 157 cm³/mol. The molecule has 252 valence electrons. The maximum atomic E-state index is 12.4. The molecule has 4 aliphatic rings. The second-order valence-corrected chi connectivity index (χ2v) is 16.3. The summed E-state index contributed by atoms with van der Waals surface area (Å²) in [6.45, 7) is 5.91. The van der Waals surface area contributed by atoms with Crippen molar-refractivity contribution in [1.82, 2.24) is 0 Å². The minimum Gasteiger partial charge on any atom is -0.481 e. The van der Waals surface area contributed by atoms with E-state index in [1.54, 1.807) is 0 Å². The topological polar surface area (TPSA) is 208 Å². The Hall–Kier alpha value is -1.56. The Bertz CT molecular complexity index is 1110. The number of carbonyl (C=O) groups is 3. The zero-order chi connectivity index (χ0) is 32.6. The normalized spacial score (nSPS) is 39.7. The van der Waals surface area contributed by atoms with Gasteiger partial charge in [0.25, 0.3) is 0 Å². The molecule has 0 aromatic carbocycles. The first-order valence-corrected chi connectivity index (χ1v) is 17.9. The number of hydrogen-bond acceptors (Lipinski definition) is 9. The van der Waals surface area contributed by atoms with Crippen LogP contribution >= 0.6 is 7.60 Å². The fraction of sp³-hybridized carbons (Fsp3) is 0.903. The number of aliphatic hydroxyl groups excluding tert-OH is 3. The lowest BCUT2D eigenvalue weighted by atomic mass is 9.43. The zero-order valence-electron chi connectivity index (χ0n) is 26.0. The van der Waals surface area contributed by atoms with Crippen molar-refractivity contribution < 1.29 is 58.6 Å². The van der Waals surface area contributed by atoms with Gasteiger partial charge in [0, 0.05) is 12.8 Å². The Morgan fingerprint density at radius 3 is 2.16 bits per heavy atom. The number of aliphatic carboxylic acids is 1. The number of carboxylic acid groups (broad SMARTS) is 1. The molecule has 4 rings (SSSR count). The van der Waals surface area contributed by atoms with Crippen molar-refractivity contribution in [1.29, 1.82) is 0 Å². The molecule has 0 amide bonds. The summed E-state index contributed by atoms with van der Waals surface area (Å²) in [5.41, 5.74) is -0.380. The van der Waals surface area contributed by atoms with Crippen LogP contribution in [0.3, 0.4) is 0 Å². The number of carboxylic acids is 1. The Labute approximate surface area is 259 Å². The van der Waals surface area contributed by atoms with E-state index in [0.29, 0.717) is 25.7 Å². The molecule has 0 saturated heterocycles. The average Bonchev–Trinajstić information content (AvgIpc) is 3.29. The van der Waals surface area contributed by atoms with Gasteiger partial charge in [0.15, 0.2) is 0 Å². The van der Waals surface area contributed by atoms with Crippen LogP contribution in [-0.4, -0.2) is 79.4 Å². The molecule has 6 N–H and O–H groups in total. The molecular weight excluding hydrogens is 595 g/mol. The summed E-state index contributed by atoms with van der Waals surface area (Å²) in [5.74, 6) is -3.20. The fourth-order valence-corrected chi connectivity index (χ4v) is 10.8. The minimum atomic E-state index is -4.56. The lowest BCUT2D eigenvalue weighted by Crippen LogP contribution is -2.62. The summed E-state index contributed by atoms with van der Waals surface area (Å²) >= 11 is 0. The predicted octanol–water partition coefficient (Wildman–Crippen LogP) is 3.07. The van der Waals surface area contributed by atoms with Crippen LogP contribution in [0.1, 0.15) is 91.4 Å². The highest BCUT2D eigenvalue weighted by Crippen LogP contribution is 2.68. The lowest BCUT2D eigenvalue weighted by molar-refractivity contribution is -0.207. The Morgan fingerprint density at radius 1 is 0.909 bits per heavy atom. The molecule has 0 bridgehead atoms. The highest BCUT2D eigenvalue weighted by atomic mass is 31.2. The average molecular weight is 647 g/mol. The third kappa shape index (κ3) is 7.36. The van der Waals surface area contributed by atoms with Gasteiger partial charge in [0.05, 0.1) is 30.4 Å². The van der Waals surface area contributed by atoms with Gasteiger partial charge >= 0.3 is 25.5 Å². The molecule has 0 radical (unpaired) electrons. The fourth-order valence-electron chi connectivity index (χ4n) is 9.86. The van der Waals surface area contributed by atoms with Gasteiger partial charge in [-0.15, -0.1) is 0 Å². The molecule has 0 aromatic heterocycles. The van der Waals surface area contributed by atoms with Crippen molar-refractivity contribution in [2.75, 3.05) is 13.0 Å². The van der Waals surface area contributed by atoms with E-state index in [9.17, 15) is 34.3 Å². The van der Waals surface area contributed by atoms with Crippen LogP contribution < -0.4 is 0 Å². The number of ether oxygens (including phenoxy) is 2. The number of carbonyl (C=O) groups excluding carboxylic acids is 2. The van der Waals surface area contributed by atoms with Crippen molar-refractivity contribution in [2.45, 2.75) is 110 Å². The number of esters is 2. The number of hydrogen-bond donors (Lipinski definition) is 6. The van der Waals surface area contributed by atoms with Crippen LogP contribution in [0.25, 0.3) is 0 Å². The Kier molecular flexibility index (Phi) is 11.0. The van der Waals surface area contributed by atoms with Crippen molar-refractivity contribution in [3.63, 3.8) is 0 Å². The summed E-state index contributed by atoms with van der Waals surface area (Å²) in [4.78, 5) is 53.6. The number of aliphatic hydroxyl groups is 3. The van der Waals surface area contributed by atoms with Gasteiger partial charge in [0.2, 0.25) is 6.79 Å². The van der Waals surface area contributed by atoms with E-state index in [1.807, 2.05) is 0 Å². The van der Waals surface area contributed by atoms with Gasteiger partial charge in [0.1, 0.15) is 0 Å². The van der Waals surface area contributed by atoms with Crippen molar-refractivity contribution >= 4 is 25.5 Å². The molecule has 4 unspecified atom stereocenters. The number of rotatable bonds is 12. The second-order valence-electron chi connectivity index (χ2n) is 14.6. The van der Waals surface area contributed by atoms with E-state index in [1.165, 1.54) is 0 Å². The third-order valence-corrected chi connectivity index (χ3v) is 13.2. The Morgan fingerprint density at radius 2 is 1.55 bits per heavy atom. The van der Waals surface area contributed by atoms with Crippen molar-refractivity contribution in [3.8, 4) is 0 Å². The van der Waals surface area contributed by atoms with Crippen LogP contribution in [0.5, 0.6) is 0 Å². The van der Waals surface area contributed by atoms with Gasteiger partial charge in [-0.2, -0.15) is 0 Å². The SMILES string of the molecule is C[C@H](CCC(=O)OCOC(=O)CC[C@@H](CP(=O)(O)O)C(=O)O)C1CCC2C3C(C[C@H](O)[C@@]21C)[C@@]1(C)CC[C@@H](O)C[C@H]1C[C@H]3O. The maximum Gasteiger partial charge on any atom is 0.326 e. The minimum absolute atomic E-state index is 0.00320. The summed E-state index contributed by atoms with van der Waals surface area (Å²) in [6.07, 6.45) is 3.28. The van der Waals surface area contributed by atoms with Crippen LogP contribution in [-0.2, 0) is 28.4 Å². The van der Waals surface area contributed by atoms with E-state index in [4.69, 9.17) is 24.4 Å². The van der Waals surface area contributed by atoms with Gasteiger partial charge < -0.3 is 39.7 Å². The first-order valence-electron chi connectivity index (χ1n) is 16.1. The molecule has 4 saturated carbocycles. The van der Waals surface area contributed by atoms with Crippen LogP contribution in [0, 0.1) is 52.3 Å². The van der Waals surface area contributed by atoms with Gasteiger partial charge in [-0.1, -0.05) is 20.8 Å². The van der Waals surface area contributed by atoms with Gasteiger partial charge in [-0.05, 0) is 104 Å². The summed E-state index contributed by atoms with van der Waals surface area (Å²) in [7, 11) is -4.56. The first kappa shape index (κ1) is 35.3. The summed E-state index contributed by atoms with van der Waals surface area (Å²) < 4.78 is 21.0. The summed E-state index contributed by atoms with van der Waals surface area (Å²) in [5, 5.41) is 42.5. The van der Waals surface area contributed by atoms with E-state index in [0.717, 1.165) is 25.7 Å². The molecule has 12 nitrogen and oxygen atoms in total. The highest BCUT2D eigenvalue weighted by Gasteiger charge is 2.65. The van der Waals surface area contributed by atoms with E-state index in [-0.39, 0.29) is 65.3 Å². The van der Waals surface area contributed by atoms with Crippen molar-refractivity contribution in [2.24, 2.45) is 52.3 Å². The molecular formula is C31H51O12P. The smallest absolute Gasteiger partial charge is 0.326 e. The highest BCUT2D eigenvalue weighted by molar-refractivity contribution is 7.51. The molecule has 13 heteroatoms. The molecule has 0 spiro atoms. The number of fused-ring (bicyclic) bond motifs is 5. The third-order valence-electron chi connectivity index (χ3n) is 12.3. The zero-order valence-corrected chi connectivity index (χ0v) is 26.9. The molecule has 0 aromatic rings.